The first-order valence-corrected chi connectivity index (χ1v) is 10.1. The minimum absolute atomic E-state index is 0.303. The molecule has 3 heterocycles. The predicted molar refractivity (Wildman–Crippen MR) is 106 cm³/mol. The molecule has 2 aliphatic heterocycles. The Morgan fingerprint density at radius 2 is 2.07 bits per heavy atom. The largest absolute Gasteiger partial charge is 0.454 e. The molecule has 0 spiro atoms. The maximum Gasteiger partial charge on any atom is 0.231 e. The van der Waals surface area contributed by atoms with Crippen LogP contribution in [0.4, 0.5) is 0 Å². The summed E-state index contributed by atoms with van der Waals surface area (Å²) in [6, 6.07) is 6.61. The molecule has 148 valence electrons. The van der Waals surface area contributed by atoms with E-state index >= 15 is 0 Å². The number of aromatic nitrogens is 2. The van der Waals surface area contributed by atoms with Gasteiger partial charge in [0.1, 0.15) is 12.1 Å². The van der Waals surface area contributed by atoms with Crippen molar-refractivity contribution in [2.75, 3.05) is 19.9 Å². The topological polar surface area (TPSA) is 64.6 Å². The second-order valence-electron chi connectivity index (χ2n) is 7.57. The molecule has 0 amide bonds. The minimum atomic E-state index is 0.303. The monoisotopic (exact) mass is 381 g/mol. The highest BCUT2D eigenvalue weighted by Gasteiger charge is 2.33. The highest BCUT2D eigenvalue weighted by Crippen LogP contribution is 2.42. The average molecular weight is 381 g/mol. The Hall–Kier alpha value is -2.47. The van der Waals surface area contributed by atoms with Crippen molar-refractivity contribution in [3.05, 3.63) is 47.5 Å². The van der Waals surface area contributed by atoms with Crippen molar-refractivity contribution in [3.8, 4) is 11.5 Å². The van der Waals surface area contributed by atoms with Crippen molar-refractivity contribution in [2.45, 2.75) is 51.0 Å². The van der Waals surface area contributed by atoms with Crippen LogP contribution >= 0.6 is 0 Å². The molecule has 2 atom stereocenters. The Bertz CT molecular complexity index is 812. The number of aryl methyl sites for hydroxylation is 2. The van der Waals surface area contributed by atoms with Crippen LogP contribution in [0.5, 0.6) is 11.5 Å². The van der Waals surface area contributed by atoms with Gasteiger partial charge in [0.25, 0.3) is 0 Å². The second-order valence-corrected chi connectivity index (χ2v) is 7.57. The van der Waals surface area contributed by atoms with Gasteiger partial charge in [-0.2, -0.15) is 0 Å². The fourth-order valence-electron chi connectivity index (χ4n) is 4.40. The van der Waals surface area contributed by atoms with Gasteiger partial charge in [-0.05, 0) is 48.4 Å². The number of fused-ring (bicyclic) bond motifs is 1. The Labute approximate surface area is 165 Å². The molecule has 0 bridgehead atoms. The molecule has 1 aromatic heterocycles. The number of likely N-dealkylation sites (tertiary alicyclic amines) is 1. The summed E-state index contributed by atoms with van der Waals surface area (Å²) in [5.74, 6) is 3.03. The van der Waals surface area contributed by atoms with Crippen molar-refractivity contribution in [3.63, 3.8) is 0 Å². The van der Waals surface area contributed by atoms with Crippen molar-refractivity contribution in [1.29, 1.82) is 0 Å². The Balaban J connectivity index is 1.51. The summed E-state index contributed by atoms with van der Waals surface area (Å²) in [5.41, 5.74) is 2.53. The summed E-state index contributed by atoms with van der Waals surface area (Å²) in [4.78, 5) is 22.2. The van der Waals surface area contributed by atoms with E-state index in [9.17, 15) is 4.79 Å². The van der Waals surface area contributed by atoms with E-state index in [1.807, 2.05) is 6.07 Å². The first-order valence-electron chi connectivity index (χ1n) is 10.1. The molecule has 0 radical (unpaired) electrons. The van der Waals surface area contributed by atoms with Crippen LogP contribution in [0.3, 0.4) is 0 Å². The highest BCUT2D eigenvalue weighted by molar-refractivity contribution is 5.53. The number of nitrogens with zero attached hydrogens (tertiary/aromatic N) is 3. The van der Waals surface area contributed by atoms with E-state index in [0.717, 1.165) is 62.3 Å². The first-order chi connectivity index (χ1) is 13.8. The van der Waals surface area contributed by atoms with Crippen molar-refractivity contribution >= 4 is 6.29 Å². The van der Waals surface area contributed by atoms with Gasteiger partial charge >= 0.3 is 0 Å². The van der Waals surface area contributed by atoms with E-state index in [1.54, 1.807) is 12.4 Å². The van der Waals surface area contributed by atoms with Crippen molar-refractivity contribution in [1.82, 2.24) is 14.9 Å². The SMILES string of the molecule is CCCc1cc(C2CC(CCc3ncccn3)N(CC=O)C2)cc2c1OCO2. The summed E-state index contributed by atoms with van der Waals surface area (Å²) in [6.07, 6.45) is 9.45. The molecule has 28 heavy (non-hydrogen) atoms. The zero-order valence-electron chi connectivity index (χ0n) is 16.3. The average Bonchev–Trinajstić information content (AvgIpc) is 3.35. The van der Waals surface area contributed by atoms with E-state index in [2.05, 4.69) is 33.9 Å². The number of hydrogen-bond acceptors (Lipinski definition) is 6. The van der Waals surface area contributed by atoms with Gasteiger partial charge < -0.3 is 14.3 Å². The number of aldehydes is 1. The lowest BCUT2D eigenvalue weighted by Crippen LogP contribution is -2.31. The normalized spacial score (nSPS) is 21.2. The van der Waals surface area contributed by atoms with Crippen molar-refractivity contribution in [2.24, 2.45) is 0 Å². The summed E-state index contributed by atoms with van der Waals surface area (Å²) >= 11 is 0. The minimum Gasteiger partial charge on any atom is -0.454 e. The van der Waals surface area contributed by atoms with E-state index in [0.29, 0.717) is 25.3 Å². The number of hydrogen-bond donors (Lipinski definition) is 0. The molecule has 1 saturated heterocycles. The van der Waals surface area contributed by atoms with Gasteiger partial charge in [0, 0.05) is 31.4 Å². The lowest BCUT2D eigenvalue weighted by atomic mass is 9.92. The maximum absolute atomic E-state index is 11.2. The summed E-state index contributed by atoms with van der Waals surface area (Å²) in [7, 11) is 0. The molecule has 4 rings (SSSR count). The molecule has 2 aliphatic rings. The number of benzene rings is 1. The van der Waals surface area contributed by atoms with E-state index in [4.69, 9.17) is 9.47 Å². The lowest BCUT2D eigenvalue weighted by Gasteiger charge is -2.21. The highest BCUT2D eigenvalue weighted by atomic mass is 16.7. The third-order valence-electron chi connectivity index (χ3n) is 5.72. The summed E-state index contributed by atoms with van der Waals surface area (Å²) < 4.78 is 11.4. The fraction of sp³-hybridized carbons (Fsp3) is 0.500. The molecule has 6 heteroatoms. The molecule has 6 nitrogen and oxygen atoms in total. The standard InChI is InChI=1S/C22H27N3O3/c1-2-4-16-11-17(13-20-22(16)28-15-27-20)18-12-19(25(14-18)9-10-26)5-6-21-23-7-3-8-24-21/h3,7-8,10-11,13,18-19H,2,4-6,9,12,14-15H2,1H3. The molecule has 0 N–H and O–H groups in total. The summed E-state index contributed by atoms with van der Waals surface area (Å²) in [5, 5.41) is 0. The smallest absolute Gasteiger partial charge is 0.231 e. The predicted octanol–water partition coefficient (Wildman–Crippen LogP) is 3.15. The van der Waals surface area contributed by atoms with Crippen molar-refractivity contribution < 1.29 is 14.3 Å². The van der Waals surface area contributed by atoms with Crippen LogP contribution in [0, 0.1) is 0 Å². The van der Waals surface area contributed by atoms with Gasteiger partial charge in [0.05, 0.1) is 6.54 Å². The van der Waals surface area contributed by atoms with E-state index in [-0.39, 0.29) is 0 Å². The van der Waals surface area contributed by atoms with Gasteiger partial charge in [-0.3, -0.25) is 4.90 Å². The fourth-order valence-corrected chi connectivity index (χ4v) is 4.40. The van der Waals surface area contributed by atoms with Crippen LogP contribution < -0.4 is 9.47 Å². The van der Waals surface area contributed by atoms with E-state index < -0.39 is 0 Å². The van der Waals surface area contributed by atoms with Crippen LogP contribution in [0.25, 0.3) is 0 Å². The van der Waals surface area contributed by atoms with Crippen LogP contribution in [0.2, 0.25) is 0 Å². The third kappa shape index (κ3) is 4.02. The Morgan fingerprint density at radius 3 is 2.86 bits per heavy atom. The van der Waals surface area contributed by atoms with Crippen LogP contribution in [-0.2, 0) is 17.6 Å². The number of carbonyl (C=O) groups excluding carboxylic acids is 1. The molecule has 1 aromatic carbocycles. The van der Waals surface area contributed by atoms with Crippen LogP contribution in [0.1, 0.15) is 49.1 Å². The molecule has 2 unspecified atom stereocenters. The molecular weight excluding hydrogens is 354 g/mol. The number of ether oxygens (including phenoxy) is 2. The first kappa shape index (κ1) is 18.9. The number of rotatable bonds is 8. The molecular formula is C22H27N3O3. The van der Waals surface area contributed by atoms with Crippen LogP contribution in [0.15, 0.2) is 30.6 Å². The molecule has 1 fully saturated rings. The Kier molecular flexibility index (Phi) is 5.86. The third-order valence-corrected chi connectivity index (χ3v) is 5.72. The Morgan fingerprint density at radius 1 is 1.21 bits per heavy atom. The zero-order valence-corrected chi connectivity index (χ0v) is 16.3. The molecule has 0 saturated carbocycles. The van der Waals surface area contributed by atoms with Crippen LogP contribution in [-0.4, -0.2) is 47.1 Å². The van der Waals surface area contributed by atoms with Gasteiger partial charge in [0.15, 0.2) is 11.5 Å². The van der Waals surface area contributed by atoms with E-state index in [1.165, 1.54) is 11.1 Å². The molecule has 0 aliphatic carbocycles. The molecule has 2 aromatic rings. The summed E-state index contributed by atoms with van der Waals surface area (Å²) in [6.45, 7) is 3.85. The van der Waals surface area contributed by atoms with Gasteiger partial charge in [0.2, 0.25) is 6.79 Å². The maximum atomic E-state index is 11.2. The van der Waals surface area contributed by atoms with Gasteiger partial charge in [-0.1, -0.05) is 19.4 Å². The quantitative estimate of drug-likeness (QED) is 0.655. The van der Waals surface area contributed by atoms with Gasteiger partial charge in [-0.25, -0.2) is 9.97 Å². The second kappa shape index (κ2) is 8.69. The zero-order chi connectivity index (χ0) is 19.3. The van der Waals surface area contributed by atoms with Gasteiger partial charge in [-0.15, -0.1) is 0 Å². The lowest BCUT2D eigenvalue weighted by molar-refractivity contribution is -0.109. The number of carbonyl (C=O) groups is 1.